The van der Waals surface area contributed by atoms with Crippen LogP contribution in [-0.4, -0.2) is 83.2 Å². The SMILES string of the molecule is CC(C)C(=O)N(CCN1CCOCC1)CC(=O)N1N=C(c2cccs2)CC1c1cccc([N+](=O)[O-])c1. The molecule has 4 rings (SSSR count). The zero-order valence-electron chi connectivity index (χ0n) is 20.5. The number of hydrazone groups is 1. The first-order valence-electron chi connectivity index (χ1n) is 12.1. The molecule has 1 aromatic heterocycles. The van der Waals surface area contributed by atoms with E-state index in [0.29, 0.717) is 38.3 Å². The number of benzene rings is 1. The number of hydrogen-bond donors (Lipinski definition) is 0. The minimum atomic E-state index is -0.482. The lowest BCUT2D eigenvalue weighted by Crippen LogP contribution is -2.47. The van der Waals surface area contributed by atoms with E-state index in [0.717, 1.165) is 23.7 Å². The number of non-ortho nitro benzene ring substituents is 1. The van der Waals surface area contributed by atoms with Crippen LogP contribution in [0.2, 0.25) is 0 Å². The molecule has 3 heterocycles. The van der Waals surface area contributed by atoms with Crippen LogP contribution in [0.1, 0.15) is 36.8 Å². The Morgan fingerprint density at radius 3 is 2.69 bits per heavy atom. The van der Waals surface area contributed by atoms with Crippen LogP contribution in [0.15, 0.2) is 46.9 Å². The molecule has 2 aliphatic rings. The van der Waals surface area contributed by atoms with E-state index in [2.05, 4.69) is 10.0 Å². The van der Waals surface area contributed by atoms with Gasteiger partial charge in [0.1, 0.15) is 6.54 Å². The molecule has 1 atom stereocenters. The number of carbonyl (C=O) groups excluding carboxylic acids is 2. The minimum absolute atomic E-state index is 0.0356. The summed E-state index contributed by atoms with van der Waals surface area (Å²) in [6, 6.07) is 9.71. The van der Waals surface area contributed by atoms with Crippen LogP contribution in [0.25, 0.3) is 0 Å². The number of amides is 2. The smallest absolute Gasteiger partial charge is 0.269 e. The third-order valence-corrected chi connectivity index (χ3v) is 7.28. The summed E-state index contributed by atoms with van der Waals surface area (Å²) < 4.78 is 5.40. The van der Waals surface area contributed by atoms with Gasteiger partial charge in [-0.25, -0.2) is 5.01 Å². The Bertz CT molecular complexity index is 1110. The average molecular weight is 514 g/mol. The van der Waals surface area contributed by atoms with Gasteiger partial charge in [-0.15, -0.1) is 11.3 Å². The summed E-state index contributed by atoms with van der Waals surface area (Å²) in [4.78, 5) is 42.3. The van der Waals surface area contributed by atoms with E-state index in [4.69, 9.17) is 4.74 Å². The molecule has 1 unspecified atom stereocenters. The van der Waals surface area contributed by atoms with Gasteiger partial charge in [0, 0.05) is 50.7 Å². The zero-order valence-corrected chi connectivity index (χ0v) is 21.4. The number of nitro benzene ring substituents is 1. The molecular formula is C25H31N5O5S. The van der Waals surface area contributed by atoms with Crippen molar-refractivity contribution >= 4 is 34.6 Å². The molecule has 2 aliphatic heterocycles. The highest BCUT2D eigenvalue weighted by molar-refractivity contribution is 7.12. The fourth-order valence-corrected chi connectivity index (χ4v) is 5.11. The topological polar surface area (TPSA) is 109 Å². The van der Waals surface area contributed by atoms with Crippen molar-refractivity contribution < 1.29 is 19.2 Å². The molecule has 0 spiro atoms. The van der Waals surface area contributed by atoms with E-state index >= 15 is 0 Å². The normalized spacial score (nSPS) is 18.4. The molecule has 0 radical (unpaired) electrons. The molecule has 10 nitrogen and oxygen atoms in total. The largest absolute Gasteiger partial charge is 0.379 e. The standard InChI is InChI=1S/C25H31N5O5S/c1-18(2)25(32)28(9-8-27-10-12-35-13-11-27)17-24(31)29-22(16-21(26-29)23-7-4-14-36-23)19-5-3-6-20(15-19)30(33)34/h3-7,14-15,18,22H,8-13,16-17H2,1-2H3. The Morgan fingerprint density at radius 2 is 2.03 bits per heavy atom. The van der Waals surface area contributed by atoms with Gasteiger partial charge in [-0.3, -0.25) is 24.6 Å². The summed E-state index contributed by atoms with van der Waals surface area (Å²) in [6.07, 6.45) is 0.444. The Labute approximate surface area is 214 Å². The van der Waals surface area contributed by atoms with E-state index in [-0.39, 0.29) is 30.0 Å². The fourth-order valence-electron chi connectivity index (χ4n) is 4.39. The lowest BCUT2D eigenvalue weighted by atomic mass is 10.0. The van der Waals surface area contributed by atoms with Crippen molar-refractivity contribution in [3.05, 3.63) is 62.3 Å². The molecule has 0 bridgehead atoms. The monoisotopic (exact) mass is 513 g/mol. The van der Waals surface area contributed by atoms with Crippen LogP contribution in [0, 0.1) is 16.0 Å². The Morgan fingerprint density at radius 1 is 1.25 bits per heavy atom. The molecule has 0 aliphatic carbocycles. The summed E-state index contributed by atoms with van der Waals surface area (Å²) in [6.45, 7) is 7.56. The number of morpholine rings is 1. The van der Waals surface area contributed by atoms with Gasteiger partial charge in [0.05, 0.1) is 34.8 Å². The molecule has 2 amide bonds. The van der Waals surface area contributed by atoms with Gasteiger partial charge in [-0.05, 0) is 17.0 Å². The van der Waals surface area contributed by atoms with Crippen molar-refractivity contribution in [1.82, 2.24) is 14.8 Å². The van der Waals surface area contributed by atoms with Crippen molar-refractivity contribution in [3.8, 4) is 0 Å². The summed E-state index contributed by atoms with van der Waals surface area (Å²) in [7, 11) is 0. The quantitative estimate of drug-likeness (QED) is 0.377. The van der Waals surface area contributed by atoms with Gasteiger partial charge in [0.25, 0.3) is 11.6 Å². The van der Waals surface area contributed by atoms with Crippen molar-refractivity contribution in [1.29, 1.82) is 0 Å². The Balaban J connectivity index is 1.56. The summed E-state index contributed by atoms with van der Waals surface area (Å²) in [5.41, 5.74) is 1.36. The molecule has 192 valence electrons. The molecule has 1 saturated heterocycles. The predicted octanol–water partition coefficient (Wildman–Crippen LogP) is 3.15. The van der Waals surface area contributed by atoms with Crippen LogP contribution in [0.3, 0.4) is 0 Å². The lowest BCUT2D eigenvalue weighted by Gasteiger charge is -2.31. The first kappa shape index (κ1) is 25.9. The molecule has 0 N–H and O–H groups in total. The number of ether oxygens (including phenoxy) is 1. The van der Waals surface area contributed by atoms with Crippen LogP contribution in [-0.2, 0) is 14.3 Å². The summed E-state index contributed by atoms with van der Waals surface area (Å²) in [5, 5.41) is 19.4. The van der Waals surface area contributed by atoms with Crippen LogP contribution >= 0.6 is 11.3 Å². The number of carbonyl (C=O) groups is 2. The molecular weight excluding hydrogens is 482 g/mol. The average Bonchev–Trinajstić information content (AvgIpc) is 3.57. The third-order valence-electron chi connectivity index (χ3n) is 6.36. The van der Waals surface area contributed by atoms with Gasteiger partial charge in [-0.1, -0.05) is 32.0 Å². The van der Waals surface area contributed by atoms with E-state index < -0.39 is 11.0 Å². The fraction of sp³-hybridized carbons (Fsp3) is 0.480. The second-order valence-electron chi connectivity index (χ2n) is 9.20. The van der Waals surface area contributed by atoms with Gasteiger partial charge >= 0.3 is 0 Å². The van der Waals surface area contributed by atoms with Gasteiger partial charge in [-0.2, -0.15) is 5.10 Å². The Hall–Kier alpha value is -3.15. The van der Waals surface area contributed by atoms with Crippen molar-refractivity contribution in [2.75, 3.05) is 45.9 Å². The van der Waals surface area contributed by atoms with Gasteiger partial charge in [0.15, 0.2) is 0 Å². The highest BCUT2D eigenvalue weighted by atomic mass is 32.1. The molecule has 36 heavy (non-hydrogen) atoms. The molecule has 1 fully saturated rings. The van der Waals surface area contributed by atoms with E-state index in [1.54, 1.807) is 17.0 Å². The Kier molecular flexibility index (Phi) is 8.44. The zero-order chi connectivity index (χ0) is 25.7. The van der Waals surface area contributed by atoms with Crippen molar-refractivity contribution in [3.63, 3.8) is 0 Å². The third kappa shape index (κ3) is 6.15. The van der Waals surface area contributed by atoms with Crippen LogP contribution in [0.5, 0.6) is 0 Å². The molecule has 2 aromatic rings. The molecule has 11 heteroatoms. The predicted molar refractivity (Wildman–Crippen MR) is 137 cm³/mol. The van der Waals surface area contributed by atoms with E-state index in [9.17, 15) is 19.7 Å². The second-order valence-corrected chi connectivity index (χ2v) is 10.2. The van der Waals surface area contributed by atoms with Crippen LogP contribution in [0.4, 0.5) is 5.69 Å². The number of hydrogen-bond acceptors (Lipinski definition) is 8. The maximum atomic E-state index is 13.6. The van der Waals surface area contributed by atoms with Gasteiger partial charge < -0.3 is 9.64 Å². The minimum Gasteiger partial charge on any atom is -0.379 e. The second kappa shape index (κ2) is 11.7. The van der Waals surface area contributed by atoms with E-state index in [1.165, 1.54) is 28.5 Å². The van der Waals surface area contributed by atoms with Crippen molar-refractivity contribution in [2.45, 2.75) is 26.3 Å². The lowest BCUT2D eigenvalue weighted by molar-refractivity contribution is -0.385. The summed E-state index contributed by atoms with van der Waals surface area (Å²) >= 11 is 1.53. The number of nitro groups is 1. The maximum absolute atomic E-state index is 13.6. The maximum Gasteiger partial charge on any atom is 0.269 e. The number of rotatable bonds is 9. The highest BCUT2D eigenvalue weighted by Gasteiger charge is 2.35. The first-order chi connectivity index (χ1) is 17.3. The molecule has 1 aromatic carbocycles. The first-order valence-corrected chi connectivity index (χ1v) is 13.0. The van der Waals surface area contributed by atoms with E-state index in [1.807, 2.05) is 31.4 Å². The van der Waals surface area contributed by atoms with Crippen molar-refractivity contribution in [2.24, 2.45) is 11.0 Å². The number of thiophene rings is 1. The number of nitrogens with zero attached hydrogens (tertiary/aromatic N) is 5. The van der Waals surface area contributed by atoms with Crippen LogP contribution < -0.4 is 0 Å². The molecule has 0 saturated carbocycles. The van der Waals surface area contributed by atoms with Gasteiger partial charge in [0.2, 0.25) is 5.91 Å². The summed E-state index contributed by atoms with van der Waals surface area (Å²) in [5.74, 6) is -0.655. The highest BCUT2D eigenvalue weighted by Crippen LogP contribution is 2.35.